The van der Waals surface area contributed by atoms with Crippen LogP contribution in [0.5, 0.6) is 11.5 Å². The standard InChI is InChI=1S/C26H28N4O3S2/c31-25(30-35)29-23-11-5-6-12-24(23)32-18-8-2-7-17-27-26(34)28-21-13-15-22(16-14-21)33-19-20-9-3-1-4-10-20/h1,3-6,9-16H,2,7-8,17-19H2,(H,29,31)(H2,27,28,34). The second-order valence-corrected chi connectivity index (χ2v) is 8.20. The molecule has 3 rings (SSSR count). The zero-order valence-electron chi connectivity index (χ0n) is 19.2. The van der Waals surface area contributed by atoms with E-state index in [0.29, 0.717) is 29.8 Å². The van der Waals surface area contributed by atoms with Crippen LogP contribution in [0.2, 0.25) is 0 Å². The first kappa shape index (κ1) is 26.1. The van der Waals surface area contributed by atoms with Crippen LogP contribution in [0.15, 0.2) is 83.2 Å². The molecule has 182 valence electrons. The van der Waals surface area contributed by atoms with Gasteiger partial charge in [0.05, 0.1) is 12.3 Å². The van der Waals surface area contributed by atoms with Crippen molar-refractivity contribution in [3.05, 3.63) is 84.4 Å². The average molecular weight is 509 g/mol. The van der Waals surface area contributed by atoms with E-state index in [1.54, 1.807) is 12.1 Å². The molecule has 0 fully saturated rings. The number of ether oxygens (including phenoxy) is 2. The van der Waals surface area contributed by atoms with Crippen molar-refractivity contribution < 1.29 is 14.3 Å². The predicted molar refractivity (Wildman–Crippen MR) is 146 cm³/mol. The van der Waals surface area contributed by atoms with Gasteiger partial charge in [0.1, 0.15) is 18.1 Å². The summed E-state index contributed by atoms with van der Waals surface area (Å²) in [6, 6.07) is 24.4. The molecule has 3 N–H and O–H groups in total. The largest absolute Gasteiger partial charge is 0.491 e. The third-order valence-electron chi connectivity index (χ3n) is 4.94. The van der Waals surface area contributed by atoms with Gasteiger partial charge in [-0.05, 0) is 73.4 Å². The highest BCUT2D eigenvalue weighted by Gasteiger charge is 2.06. The van der Waals surface area contributed by atoms with Crippen LogP contribution in [-0.2, 0) is 19.0 Å². The van der Waals surface area contributed by atoms with Crippen molar-refractivity contribution in [2.24, 2.45) is 4.36 Å². The zero-order chi connectivity index (χ0) is 24.7. The number of para-hydroxylation sites is 2. The fourth-order valence-electron chi connectivity index (χ4n) is 3.17. The highest BCUT2D eigenvalue weighted by atomic mass is 32.1. The molecule has 0 saturated heterocycles. The lowest BCUT2D eigenvalue weighted by Crippen LogP contribution is -2.29. The second-order valence-electron chi connectivity index (χ2n) is 7.61. The number of urea groups is 1. The lowest BCUT2D eigenvalue weighted by atomic mass is 10.2. The summed E-state index contributed by atoms with van der Waals surface area (Å²) in [6.07, 6.45) is 2.80. The molecule has 0 aromatic heterocycles. The Kier molecular flexibility index (Phi) is 10.9. The van der Waals surface area contributed by atoms with Crippen molar-refractivity contribution in [1.29, 1.82) is 0 Å². The van der Waals surface area contributed by atoms with Gasteiger partial charge in [0.15, 0.2) is 5.11 Å². The topological polar surface area (TPSA) is 84.0 Å². The number of nitrogens with zero attached hydrogens (tertiary/aromatic N) is 1. The molecule has 9 heteroatoms. The molecule has 0 radical (unpaired) electrons. The van der Waals surface area contributed by atoms with Crippen molar-refractivity contribution in [3.63, 3.8) is 0 Å². The minimum Gasteiger partial charge on any atom is -0.491 e. The maximum Gasteiger partial charge on any atom is 0.356 e. The van der Waals surface area contributed by atoms with E-state index >= 15 is 0 Å². The lowest BCUT2D eigenvalue weighted by Gasteiger charge is -2.12. The van der Waals surface area contributed by atoms with Crippen LogP contribution in [0.1, 0.15) is 24.8 Å². The van der Waals surface area contributed by atoms with E-state index in [9.17, 15) is 4.79 Å². The van der Waals surface area contributed by atoms with E-state index in [1.807, 2.05) is 66.7 Å². The summed E-state index contributed by atoms with van der Waals surface area (Å²) < 4.78 is 14.8. The van der Waals surface area contributed by atoms with Gasteiger partial charge in [-0.3, -0.25) is 0 Å². The van der Waals surface area contributed by atoms with E-state index in [1.165, 1.54) is 0 Å². The molecule has 0 spiro atoms. The molecule has 35 heavy (non-hydrogen) atoms. The Hall–Kier alpha value is -3.56. The zero-order valence-corrected chi connectivity index (χ0v) is 20.9. The molecule has 0 aliphatic rings. The second kappa shape index (κ2) is 14.6. The van der Waals surface area contributed by atoms with Gasteiger partial charge in [0, 0.05) is 24.7 Å². The third kappa shape index (κ3) is 9.68. The molecule has 3 aromatic rings. The predicted octanol–water partition coefficient (Wildman–Crippen LogP) is 6.06. The first-order valence-electron chi connectivity index (χ1n) is 11.3. The summed E-state index contributed by atoms with van der Waals surface area (Å²) in [5.74, 6) is 1.40. The Bertz CT molecular complexity index is 1100. The summed E-state index contributed by atoms with van der Waals surface area (Å²) in [5, 5.41) is 9.58. The van der Waals surface area contributed by atoms with Crippen molar-refractivity contribution in [1.82, 2.24) is 5.32 Å². The monoisotopic (exact) mass is 508 g/mol. The number of unbranched alkanes of at least 4 members (excludes halogenated alkanes) is 2. The Labute approximate surface area is 216 Å². The number of carbonyl (C=O) groups excluding carboxylic acids is 1. The normalized spacial score (nSPS) is 10.2. The van der Waals surface area contributed by atoms with E-state index in [4.69, 9.17) is 21.7 Å². The molecule has 2 amide bonds. The molecule has 0 aliphatic carbocycles. The third-order valence-corrected chi connectivity index (χ3v) is 5.35. The Morgan fingerprint density at radius 2 is 1.57 bits per heavy atom. The number of benzene rings is 3. The van der Waals surface area contributed by atoms with Crippen LogP contribution in [0, 0.1) is 0 Å². The number of amides is 2. The molecule has 0 bridgehead atoms. The van der Waals surface area contributed by atoms with Crippen molar-refractivity contribution in [3.8, 4) is 11.5 Å². The minimum absolute atomic E-state index is 0.535. The van der Waals surface area contributed by atoms with Crippen LogP contribution >= 0.6 is 12.2 Å². The highest BCUT2D eigenvalue weighted by molar-refractivity contribution is 7.80. The van der Waals surface area contributed by atoms with Crippen molar-refractivity contribution in [2.75, 3.05) is 23.8 Å². The molecular weight excluding hydrogens is 480 g/mol. The molecule has 0 unspecified atom stereocenters. The van der Waals surface area contributed by atoms with Crippen molar-refractivity contribution in [2.45, 2.75) is 25.9 Å². The number of carbonyl (C=O) groups is 1. The summed E-state index contributed by atoms with van der Waals surface area (Å²) in [5.41, 5.74) is 2.59. The van der Waals surface area contributed by atoms with Gasteiger partial charge in [-0.25, -0.2) is 4.79 Å². The summed E-state index contributed by atoms with van der Waals surface area (Å²) >= 11 is 9.78. The van der Waals surface area contributed by atoms with Gasteiger partial charge in [-0.1, -0.05) is 42.5 Å². The number of thiocarbonyl (C=S) groups is 1. The maximum absolute atomic E-state index is 11.4. The fourth-order valence-corrected chi connectivity index (χ4v) is 3.44. The maximum atomic E-state index is 11.4. The van der Waals surface area contributed by atoms with Crippen LogP contribution in [0.4, 0.5) is 16.2 Å². The summed E-state index contributed by atoms with van der Waals surface area (Å²) in [4.78, 5) is 11.4. The molecule has 7 nitrogen and oxygen atoms in total. The number of hydrogen-bond donors (Lipinski definition) is 3. The first-order valence-corrected chi connectivity index (χ1v) is 12.1. The van der Waals surface area contributed by atoms with Crippen LogP contribution in [0.3, 0.4) is 0 Å². The van der Waals surface area contributed by atoms with Gasteiger partial charge in [0.25, 0.3) is 0 Å². The smallest absolute Gasteiger partial charge is 0.356 e. The Morgan fingerprint density at radius 1 is 0.829 bits per heavy atom. The lowest BCUT2D eigenvalue weighted by molar-refractivity contribution is 0.259. The average Bonchev–Trinajstić information content (AvgIpc) is 2.89. The van der Waals surface area contributed by atoms with Gasteiger partial charge in [-0.15, -0.1) is 4.36 Å². The molecule has 0 aliphatic heterocycles. The minimum atomic E-state index is -0.584. The molecule has 0 atom stereocenters. The van der Waals surface area contributed by atoms with Gasteiger partial charge >= 0.3 is 6.03 Å². The van der Waals surface area contributed by atoms with Gasteiger partial charge < -0.3 is 25.4 Å². The fraction of sp³-hybridized carbons (Fsp3) is 0.231. The number of hydrogen-bond acceptors (Lipinski definition) is 5. The highest BCUT2D eigenvalue weighted by Crippen LogP contribution is 2.24. The molecular formula is C26H28N4O3S2. The van der Waals surface area contributed by atoms with Crippen LogP contribution in [0.25, 0.3) is 0 Å². The molecule has 0 heterocycles. The van der Waals surface area contributed by atoms with Gasteiger partial charge in [-0.2, -0.15) is 0 Å². The van der Waals surface area contributed by atoms with Crippen molar-refractivity contribution >= 4 is 47.2 Å². The quantitative estimate of drug-likeness (QED) is 0.202. The molecule has 0 saturated carbocycles. The Morgan fingerprint density at radius 3 is 2.34 bits per heavy atom. The van der Waals surface area contributed by atoms with E-state index < -0.39 is 6.03 Å². The van der Waals surface area contributed by atoms with E-state index in [0.717, 1.165) is 42.8 Å². The number of anilines is 2. The van der Waals surface area contributed by atoms with Crippen LogP contribution < -0.4 is 25.4 Å². The number of rotatable bonds is 12. The first-order chi connectivity index (χ1) is 17.1. The van der Waals surface area contributed by atoms with E-state index in [-0.39, 0.29) is 0 Å². The summed E-state index contributed by atoms with van der Waals surface area (Å²) in [7, 11) is 0. The van der Waals surface area contributed by atoms with Gasteiger partial charge in [0.2, 0.25) is 0 Å². The summed E-state index contributed by atoms with van der Waals surface area (Å²) in [6.45, 7) is 1.84. The van der Waals surface area contributed by atoms with E-state index in [2.05, 4.69) is 32.7 Å². The Balaban J connectivity index is 1.27. The molecule has 3 aromatic carbocycles. The SMILES string of the molecule is O=C(N=S)Nc1ccccc1OCCCCCNC(=S)Nc1ccc(OCc2ccccc2)cc1. The van der Waals surface area contributed by atoms with Crippen LogP contribution in [-0.4, -0.2) is 24.3 Å². The number of nitrogens with one attached hydrogen (secondary N) is 3.